The van der Waals surface area contributed by atoms with Gasteiger partial charge >= 0.3 is 0 Å². The lowest BCUT2D eigenvalue weighted by atomic mass is 10.1. The number of rotatable bonds is 13. The van der Waals surface area contributed by atoms with Crippen LogP contribution in [0.15, 0.2) is 112 Å². The van der Waals surface area contributed by atoms with Gasteiger partial charge in [-0.25, -0.2) is 0 Å². The second kappa shape index (κ2) is 17.1. The summed E-state index contributed by atoms with van der Waals surface area (Å²) in [5.41, 5.74) is 9.05. The minimum Gasteiger partial charge on any atom is -0.340 e. The van der Waals surface area contributed by atoms with Crippen molar-refractivity contribution in [3.63, 3.8) is 0 Å². The molecule has 0 fully saturated rings. The van der Waals surface area contributed by atoms with Crippen LogP contribution in [0.2, 0.25) is 0 Å². The monoisotopic (exact) mass is 1050 g/mol. The molecule has 12 N–H and O–H groups in total. The molecule has 4 aromatic carbocycles. The predicted octanol–water partition coefficient (Wildman–Crippen LogP) is 0.434. The van der Waals surface area contributed by atoms with Gasteiger partial charge in [0.1, 0.15) is 42.9 Å². The number of hydrogen-bond donors (Lipinski definition) is 12. The van der Waals surface area contributed by atoms with E-state index in [9.17, 15) is 77.8 Å². The highest BCUT2D eigenvalue weighted by Gasteiger charge is 2.28. The Morgan fingerprint density at radius 2 is 0.781 bits per heavy atom. The normalized spacial score (nSPS) is 17.3. The molecule has 0 radical (unpaired) electrons. The van der Waals surface area contributed by atoms with E-state index in [4.69, 9.17) is 23.6 Å². The van der Waals surface area contributed by atoms with Gasteiger partial charge in [0, 0.05) is 46.5 Å². The molecular formula is C28H26Cl2N10O18S6. The zero-order chi connectivity index (χ0) is 47.5. The third-order valence-corrected chi connectivity index (χ3v) is 13.9. The minimum absolute atomic E-state index is 0.0424. The van der Waals surface area contributed by atoms with Crippen LogP contribution in [0, 0.1) is 0 Å². The Morgan fingerprint density at radius 3 is 1.08 bits per heavy atom. The highest BCUT2D eigenvalue weighted by molar-refractivity contribution is 7.87. The van der Waals surface area contributed by atoms with Gasteiger partial charge in [0.15, 0.2) is 0 Å². The third-order valence-electron chi connectivity index (χ3n) is 8.31. The Hall–Kier alpha value is -5.02. The molecule has 0 unspecified atom stereocenters. The molecule has 0 saturated heterocycles. The molecule has 346 valence electrons. The summed E-state index contributed by atoms with van der Waals surface area (Å²) in [5.74, 6) is -0.440. The molecule has 4 aromatic rings. The number of nitrogens with one attached hydrogen (secondary N) is 6. The lowest BCUT2D eigenvalue weighted by Crippen LogP contribution is -2.49. The van der Waals surface area contributed by atoms with Gasteiger partial charge in [0.2, 0.25) is 0 Å². The lowest BCUT2D eigenvalue weighted by molar-refractivity contribution is 0.328. The van der Waals surface area contributed by atoms with Crippen LogP contribution < -0.4 is 32.3 Å². The lowest BCUT2D eigenvalue weighted by Gasteiger charge is -2.26. The van der Waals surface area contributed by atoms with Gasteiger partial charge < -0.3 is 10.6 Å². The van der Waals surface area contributed by atoms with Crippen molar-refractivity contribution in [2.45, 2.75) is 29.4 Å². The summed E-state index contributed by atoms with van der Waals surface area (Å²) in [6.45, 7) is -0.314. The summed E-state index contributed by atoms with van der Waals surface area (Å²) in [6, 6.07) is 5.20. The Labute approximate surface area is 370 Å². The SMILES string of the molecule is O=S(=O)(O)c1cc(S(=O)(=O)O)c2cc(NC3=CC(=NCCN=C4C=C(Nc5cc6c(S(=O)(=O)O)cc(S(=O)(=O)O)cc6cc5S(=O)(=O)O)NN(Cl)N4)NN(Cl)N3)c(S(=O)(=O)O)cc2c1. The van der Waals surface area contributed by atoms with E-state index in [1.54, 1.807) is 0 Å². The van der Waals surface area contributed by atoms with E-state index in [2.05, 4.69) is 42.3 Å². The van der Waals surface area contributed by atoms with Gasteiger partial charge in [-0.15, -0.1) is 0 Å². The number of amidine groups is 2. The average Bonchev–Trinajstić information content (AvgIpc) is 3.12. The van der Waals surface area contributed by atoms with Crippen LogP contribution in [0.4, 0.5) is 11.4 Å². The Kier molecular flexibility index (Phi) is 12.9. The predicted molar refractivity (Wildman–Crippen MR) is 223 cm³/mol. The number of nitrogens with zero attached hydrogens (tertiary/aromatic N) is 4. The molecule has 2 aliphatic rings. The Balaban J connectivity index is 1.28. The van der Waals surface area contributed by atoms with Crippen LogP contribution in [-0.4, -0.2) is 112 Å². The molecular weight excluding hydrogens is 1030 g/mol. The number of hydrazine groups is 4. The fourth-order valence-electron chi connectivity index (χ4n) is 5.80. The maximum Gasteiger partial charge on any atom is 0.296 e. The number of benzene rings is 4. The number of fused-ring (bicyclic) bond motifs is 2. The first kappa shape index (κ1) is 48.4. The summed E-state index contributed by atoms with van der Waals surface area (Å²) in [4.78, 5) is 2.47. The molecule has 36 heteroatoms. The summed E-state index contributed by atoms with van der Waals surface area (Å²) >= 11 is 12.2. The zero-order valence-electron chi connectivity index (χ0n) is 30.8. The number of aliphatic imine (C=N–C) groups is 2. The van der Waals surface area contributed by atoms with Crippen molar-refractivity contribution < 1.29 is 77.8 Å². The van der Waals surface area contributed by atoms with Gasteiger partial charge in [0.05, 0.1) is 34.3 Å². The molecule has 0 bridgehead atoms. The maximum absolute atomic E-state index is 12.4. The van der Waals surface area contributed by atoms with Crippen LogP contribution in [0.3, 0.4) is 0 Å². The standard InChI is InChI=1S/C28H26Cl2N10O18S6/c29-39-35-25(11-27(37-39)33-19-9-17-13(5-23(19)63(53,54)55)3-15(59(41,42)43)7-21(17)61(47,48)49)31-1-2-32-26-12-28(38-40(30)36-26)34-20-10-18-14(6-24(20)64(56,57)58)4-16(60(44,45)46)8-22(18)62(50,51)52/h3-12,33-34,37-38H,1-2H2,(H,31,35)(H,32,36)(H,41,42,43)(H,44,45,46)(H,47,48,49)(H,50,51,52)(H,53,54,55)(H,56,57,58). The molecule has 0 aromatic heterocycles. The van der Waals surface area contributed by atoms with Crippen molar-refractivity contribution in [1.82, 2.24) is 31.0 Å². The van der Waals surface area contributed by atoms with Gasteiger partial charge in [-0.3, -0.25) is 59.0 Å². The molecule has 0 atom stereocenters. The number of hydrogen-bond acceptors (Lipinski definition) is 20. The Morgan fingerprint density at radius 1 is 0.453 bits per heavy atom. The molecule has 2 heterocycles. The quantitative estimate of drug-likeness (QED) is 0.0491. The van der Waals surface area contributed by atoms with E-state index in [0.717, 1.165) is 12.1 Å². The average molecular weight is 1050 g/mol. The van der Waals surface area contributed by atoms with E-state index >= 15 is 0 Å². The molecule has 2 aliphatic heterocycles. The Bertz CT molecular complexity index is 3270. The van der Waals surface area contributed by atoms with Crippen molar-refractivity contribution in [1.29, 1.82) is 0 Å². The highest BCUT2D eigenvalue weighted by atomic mass is 35.5. The van der Waals surface area contributed by atoms with Gasteiger partial charge in [0.25, 0.3) is 60.7 Å². The van der Waals surface area contributed by atoms with E-state index < -0.39 is 123 Å². The fraction of sp³-hybridized carbons (Fsp3) is 0.0714. The molecule has 0 saturated carbocycles. The van der Waals surface area contributed by atoms with E-state index in [0.29, 0.717) is 45.7 Å². The summed E-state index contributed by atoms with van der Waals surface area (Å²) in [7, 11) is -30.9. The van der Waals surface area contributed by atoms with Crippen molar-refractivity contribution >= 4 is 129 Å². The van der Waals surface area contributed by atoms with Crippen molar-refractivity contribution in [3.05, 3.63) is 72.3 Å². The zero-order valence-corrected chi connectivity index (χ0v) is 37.2. The molecule has 0 amide bonds. The van der Waals surface area contributed by atoms with Crippen LogP contribution in [-0.2, 0) is 60.7 Å². The van der Waals surface area contributed by atoms with Crippen LogP contribution >= 0.6 is 23.6 Å². The van der Waals surface area contributed by atoms with Crippen LogP contribution in [0.1, 0.15) is 0 Å². The van der Waals surface area contributed by atoms with Crippen molar-refractivity contribution in [3.8, 4) is 0 Å². The number of halogens is 2. The molecule has 0 spiro atoms. The van der Waals surface area contributed by atoms with E-state index in [-0.39, 0.29) is 36.4 Å². The highest BCUT2D eigenvalue weighted by Crippen LogP contribution is 2.36. The summed E-state index contributed by atoms with van der Waals surface area (Å²) < 4.78 is 205. The van der Waals surface area contributed by atoms with Crippen LogP contribution in [0.5, 0.6) is 0 Å². The first-order valence-electron chi connectivity index (χ1n) is 16.4. The maximum atomic E-state index is 12.4. The molecule has 28 nitrogen and oxygen atoms in total. The molecule has 6 rings (SSSR count). The first-order chi connectivity index (χ1) is 29.3. The van der Waals surface area contributed by atoms with Gasteiger partial charge in [-0.1, -0.05) is 0 Å². The summed E-state index contributed by atoms with van der Waals surface area (Å²) in [5, 5.41) is 3.28. The van der Waals surface area contributed by atoms with E-state index in [1.165, 1.54) is 12.2 Å². The topological polar surface area (TPSA) is 430 Å². The van der Waals surface area contributed by atoms with Crippen LogP contribution in [0.25, 0.3) is 21.5 Å². The number of anilines is 2. The largest absolute Gasteiger partial charge is 0.340 e. The summed E-state index contributed by atoms with van der Waals surface area (Å²) in [6.07, 6.45) is 2.40. The fourth-order valence-corrected chi connectivity index (χ4v) is 10.2. The van der Waals surface area contributed by atoms with Crippen molar-refractivity contribution in [2.75, 3.05) is 23.7 Å². The third kappa shape index (κ3) is 11.3. The smallest absolute Gasteiger partial charge is 0.296 e. The van der Waals surface area contributed by atoms with Crippen molar-refractivity contribution in [2.24, 2.45) is 9.98 Å². The first-order valence-corrected chi connectivity index (χ1v) is 25.7. The van der Waals surface area contributed by atoms with Gasteiger partial charge in [-0.05, 0) is 68.6 Å². The second-order valence-electron chi connectivity index (χ2n) is 12.7. The van der Waals surface area contributed by atoms with E-state index in [1.807, 2.05) is 0 Å². The minimum atomic E-state index is -5.21. The molecule has 64 heavy (non-hydrogen) atoms. The molecule has 0 aliphatic carbocycles. The van der Waals surface area contributed by atoms with Gasteiger partial charge in [-0.2, -0.15) is 50.5 Å². The second-order valence-corrected chi connectivity index (χ2v) is 21.8.